The first kappa shape index (κ1) is 25.9. The molecule has 1 aromatic rings. The molecular weight excluding hydrogens is 453 g/mol. The fraction of sp³-hybridized carbons (Fsp3) is 0.586. The molecule has 1 aliphatic carbocycles. The quantitative estimate of drug-likeness (QED) is 0.360. The Morgan fingerprint density at radius 1 is 1.06 bits per heavy atom. The zero-order valence-corrected chi connectivity index (χ0v) is 20.9. The third kappa shape index (κ3) is 5.47. The molecule has 3 nitrogen and oxygen atoms in total. The fourth-order valence-electron chi connectivity index (χ4n) is 5.95. The molecule has 2 fully saturated rings. The van der Waals surface area contributed by atoms with Crippen molar-refractivity contribution in [1.82, 2.24) is 0 Å². The second-order valence-corrected chi connectivity index (χ2v) is 10.2. The highest BCUT2D eigenvalue weighted by atomic mass is 19.2. The Kier molecular flexibility index (Phi) is 8.31. The standard InChI is InChI=1S/C29H37F3O3/c1-5-7-19-8-10-20(11-9-19)21-12-13-24(34-16-21)23-15-22-14-17(3)28(25(30)18(4)33-6-2)35-29(22)27(32)26(23)31/h15,19-21,24H,3-14,16H2,1-2H3/b28-25-. The van der Waals surface area contributed by atoms with Crippen molar-refractivity contribution in [3.05, 3.63) is 64.9 Å². The molecule has 1 aromatic carbocycles. The van der Waals surface area contributed by atoms with Crippen LogP contribution in [0.4, 0.5) is 13.2 Å². The van der Waals surface area contributed by atoms with Gasteiger partial charge in [0.05, 0.1) is 19.3 Å². The predicted molar refractivity (Wildman–Crippen MR) is 131 cm³/mol. The average molecular weight is 491 g/mol. The average Bonchev–Trinajstić information content (AvgIpc) is 2.86. The minimum atomic E-state index is -1.13. The van der Waals surface area contributed by atoms with E-state index in [2.05, 4.69) is 20.1 Å². The molecule has 4 rings (SSSR count). The third-order valence-electron chi connectivity index (χ3n) is 7.87. The molecule has 0 N–H and O–H groups in total. The molecule has 0 aromatic heterocycles. The molecule has 0 spiro atoms. The van der Waals surface area contributed by atoms with Crippen LogP contribution in [0.25, 0.3) is 0 Å². The van der Waals surface area contributed by atoms with Gasteiger partial charge in [0.15, 0.2) is 23.1 Å². The Morgan fingerprint density at radius 2 is 1.77 bits per heavy atom. The molecule has 2 aliphatic heterocycles. The van der Waals surface area contributed by atoms with Gasteiger partial charge in [0.2, 0.25) is 11.6 Å². The SMILES string of the molecule is C=C(OCC)/C(F)=C1/Oc2c(cc(C3CCC(C4CCC(CCC)CC4)CO3)c(F)c2F)CC1=C. The van der Waals surface area contributed by atoms with E-state index < -0.39 is 23.6 Å². The summed E-state index contributed by atoms with van der Waals surface area (Å²) in [5.74, 6) is -1.79. The van der Waals surface area contributed by atoms with E-state index in [0.717, 1.165) is 12.3 Å². The summed E-state index contributed by atoms with van der Waals surface area (Å²) in [6, 6.07) is 1.59. The molecule has 192 valence electrons. The van der Waals surface area contributed by atoms with Gasteiger partial charge in [-0.25, -0.2) is 4.39 Å². The van der Waals surface area contributed by atoms with Crippen LogP contribution in [0.15, 0.2) is 42.1 Å². The van der Waals surface area contributed by atoms with Crippen LogP contribution >= 0.6 is 0 Å². The van der Waals surface area contributed by atoms with Crippen molar-refractivity contribution >= 4 is 0 Å². The zero-order chi connectivity index (χ0) is 25.1. The molecule has 0 radical (unpaired) electrons. The number of benzene rings is 1. The molecule has 2 heterocycles. The van der Waals surface area contributed by atoms with E-state index in [-0.39, 0.29) is 35.9 Å². The van der Waals surface area contributed by atoms with Crippen molar-refractivity contribution in [2.75, 3.05) is 13.2 Å². The Balaban J connectivity index is 1.45. The van der Waals surface area contributed by atoms with Gasteiger partial charge in [-0.2, -0.15) is 8.78 Å². The highest BCUT2D eigenvalue weighted by Gasteiger charge is 2.35. The van der Waals surface area contributed by atoms with E-state index >= 15 is 8.78 Å². The first-order valence-electron chi connectivity index (χ1n) is 13.0. The number of fused-ring (bicyclic) bond motifs is 1. The summed E-state index contributed by atoms with van der Waals surface area (Å²) < 4.78 is 61.6. The van der Waals surface area contributed by atoms with Crippen LogP contribution in [-0.2, 0) is 15.9 Å². The van der Waals surface area contributed by atoms with E-state index in [1.54, 1.807) is 13.0 Å². The van der Waals surface area contributed by atoms with Crippen LogP contribution in [0.3, 0.4) is 0 Å². The molecule has 35 heavy (non-hydrogen) atoms. The lowest BCUT2D eigenvalue weighted by atomic mass is 9.72. The Bertz CT molecular complexity index is 983. The number of rotatable bonds is 7. The molecular formula is C29H37F3O3. The fourth-order valence-corrected chi connectivity index (χ4v) is 5.95. The lowest BCUT2D eigenvalue weighted by molar-refractivity contribution is -0.0421. The van der Waals surface area contributed by atoms with E-state index in [9.17, 15) is 4.39 Å². The Hall–Kier alpha value is -2.21. The van der Waals surface area contributed by atoms with Crippen molar-refractivity contribution in [2.45, 2.75) is 77.7 Å². The molecule has 0 amide bonds. The summed E-state index contributed by atoms with van der Waals surface area (Å²) in [4.78, 5) is 0. The van der Waals surface area contributed by atoms with Crippen LogP contribution < -0.4 is 4.74 Å². The first-order valence-corrected chi connectivity index (χ1v) is 13.0. The lowest BCUT2D eigenvalue weighted by Gasteiger charge is -2.38. The van der Waals surface area contributed by atoms with Crippen molar-refractivity contribution in [3.63, 3.8) is 0 Å². The molecule has 2 unspecified atom stereocenters. The Labute approximate surface area is 207 Å². The van der Waals surface area contributed by atoms with Crippen molar-refractivity contribution in [3.8, 4) is 5.75 Å². The molecule has 2 atom stereocenters. The summed E-state index contributed by atoms with van der Waals surface area (Å²) in [6.45, 7) is 12.1. The number of hydrogen-bond donors (Lipinski definition) is 0. The lowest BCUT2D eigenvalue weighted by Crippen LogP contribution is -2.30. The summed E-state index contributed by atoms with van der Waals surface area (Å²) in [7, 11) is 0. The molecule has 6 heteroatoms. The van der Waals surface area contributed by atoms with Crippen LogP contribution in [0.1, 0.15) is 82.4 Å². The largest absolute Gasteiger partial charge is 0.491 e. The number of allylic oxidation sites excluding steroid dienone is 2. The summed E-state index contributed by atoms with van der Waals surface area (Å²) in [6.07, 6.45) is 8.89. The van der Waals surface area contributed by atoms with Gasteiger partial charge < -0.3 is 14.2 Å². The van der Waals surface area contributed by atoms with Crippen LogP contribution in [0.5, 0.6) is 5.75 Å². The minimum absolute atomic E-state index is 0.137. The van der Waals surface area contributed by atoms with Crippen LogP contribution in [0, 0.1) is 29.4 Å². The highest BCUT2D eigenvalue weighted by Crippen LogP contribution is 2.44. The normalized spacial score (nSPS) is 28.2. The van der Waals surface area contributed by atoms with Crippen LogP contribution in [0.2, 0.25) is 0 Å². The smallest absolute Gasteiger partial charge is 0.207 e. The topological polar surface area (TPSA) is 27.7 Å². The number of halogens is 3. The second-order valence-electron chi connectivity index (χ2n) is 10.2. The second kappa shape index (κ2) is 11.2. The van der Waals surface area contributed by atoms with Gasteiger partial charge in [-0.1, -0.05) is 45.8 Å². The number of ether oxygens (including phenoxy) is 3. The maximum absolute atomic E-state index is 15.1. The monoisotopic (exact) mass is 490 g/mol. The van der Waals surface area contributed by atoms with E-state index in [1.165, 1.54) is 38.5 Å². The van der Waals surface area contributed by atoms with Gasteiger partial charge in [-0.15, -0.1) is 0 Å². The molecule has 0 bridgehead atoms. The first-order chi connectivity index (χ1) is 16.8. The van der Waals surface area contributed by atoms with E-state index in [4.69, 9.17) is 14.2 Å². The predicted octanol–water partition coefficient (Wildman–Crippen LogP) is 8.26. The maximum Gasteiger partial charge on any atom is 0.207 e. The van der Waals surface area contributed by atoms with Gasteiger partial charge in [0.25, 0.3) is 0 Å². The molecule has 1 saturated heterocycles. The van der Waals surface area contributed by atoms with Gasteiger partial charge in [-0.05, 0) is 62.0 Å². The van der Waals surface area contributed by atoms with Crippen molar-refractivity contribution < 1.29 is 27.4 Å². The summed E-state index contributed by atoms with van der Waals surface area (Å²) in [5, 5.41) is 0. The van der Waals surface area contributed by atoms with Crippen molar-refractivity contribution in [2.24, 2.45) is 17.8 Å². The van der Waals surface area contributed by atoms with Gasteiger partial charge in [0.1, 0.15) is 0 Å². The zero-order valence-electron chi connectivity index (χ0n) is 20.9. The Morgan fingerprint density at radius 3 is 2.40 bits per heavy atom. The van der Waals surface area contributed by atoms with Gasteiger partial charge in [0, 0.05) is 17.5 Å². The molecule has 1 saturated carbocycles. The summed E-state index contributed by atoms with van der Waals surface area (Å²) in [5.41, 5.74) is 0.952. The number of hydrogen-bond acceptors (Lipinski definition) is 3. The molecule has 3 aliphatic rings. The minimum Gasteiger partial charge on any atom is -0.491 e. The van der Waals surface area contributed by atoms with Gasteiger partial charge in [-0.3, -0.25) is 0 Å². The van der Waals surface area contributed by atoms with Gasteiger partial charge >= 0.3 is 0 Å². The maximum atomic E-state index is 15.1. The van der Waals surface area contributed by atoms with Crippen molar-refractivity contribution in [1.29, 1.82) is 0 Å². The van der Waals surface area contributed by atoms with E-state index in [1.807, 2.05) is 0 Å². The highest BCUT2D eigenvalue weighted by molar-refractivity contribution is 5.51. The van der Waals surface area contributed by atoms with Crippen LogP contribution in [-0.4, -0.2) is 13.2 Å². The van der Waals surface area contributed by atoms with E-state index in [0.29, 0.717) is 36.0 Å². The third-order valence-corrected chi connectivity index (χ3v) is 7.87. The summed E-state index contributed by atoms with van der Waals surface area (Å²) >= 11 is 0.